The second-order valence-electron chi connectivity index (χ2n) is 2.79. The number of aliphatic hydroxyl groups is 2. The summed E-state index contributed by atoms with van der Waals surface area (Å²) in [5, 5.41) is 21.8. The molecule has 0 amide bonds. The molecule has 1 aliphatic rings. The van der Waals surface area contributed by atoms with Crippen molar-refractivity contribution < 1.29 is 14.9 Å². The van der Waals surface area contributed by atoms with E-state index in [0.29, 0.717) is 0 Å². The lowest BCUT2D eigenvalue weighted by Crippen LogP contribution is -2.45. The Morgan fingerprint density at radius 1 is 1.58 bits per heavy atom. The number of hydrogen-bond donors (Lipinski definition) is 2. The van der Waals surface area contributed by atoms with Gasteiger partial charge >= 0.3 is 0 Å². The highest BCUT2D eigenvalue weighted by Crippen LogP contribution is 2.21. The third-order valence-corrected chi connectivity index (χ3v) is 1.89. The lowest BCUT2D eigenvalue weighted by molar-refractivity contribution is -0.198. The van der Waals surface area contributed by atoms with Crippen molar-refractivity contribution in [2.24, 2.45) is 5.11 Å². The summed E-state index contributed by atoms with van der Waals surface area (Å²) in [5.41, 5.74) is 8.13. The SMILES string of the molecule is C[C@H]1OC(O)C[C@@H](N=[N+]=[N-])[C@@H]1O. The highest BCUT2D eigenvalue weighted by atomic mass is 16.6. The zero-order valence-electron chi connectivity index (χ0n) is 6.66. The van der Waals surface area contributed by atoms with Gasteiger partial charge in [-0.2, -0.15) is 0 Å². The van der Waals surface area contributed by atoms with Gasteiger partial charge in [0.15, 0.2) is 6.29 Å². The van der Waals surface area contributed by atoms with E-state index in [1.54, 1.807) is 6.92 Å². The van der Waals surface area contributed by atoms with Crippen LogP contribution in [0.4, 0.5) is 0 Å². The molecule has 0 spiro atoms. The Morgan fingerprint density at radius 2 is 2.25 bits per heavy atom. The molecule has 0 bridgehead atoms. The van der Waals surface area contributed by atoms with Crippen LogP contribution < -0.4 is 0 Å². The Morgan fingerprint density at radius 3 is 2.83 bits per heavy atom. The molecule has 1 unspecified atom stereocenters. The van der Waals surface area contributed by atoms with Crippen molar-refractivity contribution in [3.8, 4) is 0 Å². The number of ether oxygens (including phenoxy) is 1. The lowest BCUT2D eigenvalue weighted by atomic mass is 10.0. The number of nitrogens with zero attached hydrogens (tertiary/aromatic N) is 3. The molecule has 6 nitrogen and oxygen atoms in total. The van der Waals surface area contributed by atoms with Crippen molar-refractivity contribution in [2.45, 2.75) is 37.9 Å². The van der Waals surface area contributed by atoms with E-state index in [0.717, 1.165) is 0 Å². The van der Waals surface area contributed by atoms with Crippen molar-refractivity contribution in [1.82, 2.24) is 0 Å². The minimum absolute atomic E-state index is 0.148. The van der Waals surface area contributed by atoms with Crippen LogP contribution in [0.5, 0.6) is 0 Å². The maximum absolute atomic E-state index is 9.39. The second-order valence-corrected chi connectivity index (χ2v) is 2.79. The standard InChI is InChI=1S/C6H11N3O3/c1-3-6(11)4(8-9-7)2-5(10)12-3/h3-6,10-11H,2H2,1H3/t3-,4-,5?,6-/m1/s1. The van der Waals surface area contributed by atoms with Crippen LogP contribution in [0.25, 0.3) is 10.4 Å². The predicted molar refractivity (Wildman–Crippen MR) is 40.1 cm³/mol. The maximum Gasteiger partial charge on any atom is 0.155 e. The van der Waals surface area contributed by atoms with E-state index in [4.69, 9.17) is 15.4 Å². The molecule has 0 radical (unpaired) electrons. The summed E-state index contributed by atoms with van der Waals surface area (Å²) in [4.78, 5) is 2.58. The fourth-order valence-corrected chi connectivity index (χ4v) is 1.22. The molecule has 2 N–H and O–H groups in total. The van der Waals surface area contributed by atoms with Gasteiger partial charge in [-0.3, -0.25) is 0 Å². The Hall–Kier alpha value is -0.810. The smallest absolute Gasteiger partial charge is 0.155 e. The molecule has 0 aromatic heterocycles. The third-order valence-electron chi connectivity index (χ3n) is 1.89. The Balaban J connectivity index is 2.65. The van der Waals surface area contributed by atoms with Crippen LogP contribution in [-0.4, -0.2) is 34.8 Å². The monoisotopic (exact) mass is 173 g/mol. The van der Waals surface area contributed by atoms with E-state index in [-0.39, 0.29) is 6.42 Å². The molecule has 1 fully saturated rings. The van der Waals surface area contributed by atoms with E-state index in [9.17, 15) is 5.11 Å². The van der Waals surface area contributed by atoms with Gasteiger partial charge in [-0.05, 0) is 12.5 Å². The first-order valence-electron chi connectivity index (χ1n) is 3.71. The summed E-state index contributed by atoms with van der Waals surface area (Å²) in [6.07, 6.45) is -2.12. The molecule has 1 aliphatic heterocycles. The average molecular weight is 173 g/mol. The van der Waals surface area contributed by atoms with Crippen LogP contribution in [0.3, 0.4) is 0 Å². The Kier molecular flexibility index (Phi) is 2.88. The average Bonchev–Trinajstić information content (AvgIpc) is 2.00. The topological polar surface area (TPSA) is 98.5 Å². The van der Waals surface area contributed by atoms with Crippen LogP contribution in [0.2, 0.25) is 0 Å². The molecule has 1 saturated heterocycles. The summed E-state index contributed by atoms with van der Waals surface area (Å²) in [6, 6.07) is -0.589. The molecule has 12 heavy (non-hydrogen) atoms. The van der Waals surface area contributed by atoms with E-state index < -0.39 is 24.5 Å². The Bertz CT molecular complexity index is 204. The fourth-order valence-electron chi connectivity index (χ4n) is 1.22. The number of rotatable bonds is 1. The van der Waals surface area contributed by atoms with Gasteiger partial charge in [-0.15, -0.1) is 0 Å². The predicted octanol–water partition coefficient (Wildman–Crippen LogP) is 0.153. The molecule has 0 aromatic carbocycles. The van der Waals surface area contributed by atoms with Gasteiger partial charge in [0.25, 0.3) is 0 Å². The molecule has 68 valence electrons. The molecule has 4 atom stereocenters. The molecular weight excluding hydrogens is 162 g/mol. The van der Waals surface area contributed by atoms with Gasteiger partial charge in [0, 0.05) is 11.3 Å². The number of azide groups is 1. The van der Waals surface area contributed by atoms with Crippen molar-refractivity contribution in [3.05, 3.63) is 10.4 Å². The van der Waals surface area contributed by atoms with E-state index in [2.05, 4.69) is 10.0 Å². The minimum atomic E-state index is -0.945. The zero-order chi connectivity index (χ0) is 9.14. The second kappa shape index (κ2) is 3.73. The largest absolute Gasteiger partial charge is 0.390 e. The van der Waals surface area contributed by atoms with Crippen LogP contribution >= 0.6 is 0 Å². The van der Waals surface area contributed by atoms with Gasteiger partial charge in [0.05, 0.1) is 18.2 Å². The van der Waals surface area contributed by atoms with E-state index >= 15 is 0 Å². The van der Waals surface area contributed by atoms with E-state index in [1.807, 2.05) is 0 Å². The normalized spacial score (nSPS) is 41.9. The first-order chi connectivity index (χ1) is 5.65. The molecule has 1 rings (SSSR count). The number of aliphatic hydroxyl groups excluding tert-OH is 2. The van der Waals surface area contributed by atoms with Crippen LogP contribution in [0, 0.1) is 0 Å². The van der Waals surface area contributed by atoms with Gasteiger partial charge < -0.3 is 14.9 Å². The highest BCUT2D eigenvalue weighted by molar-refractivity contribution is 4.85. The molecule has 0 aromatic rings. The lowest BCUT2D eigenvalue weighted by Gasteiger charge is -2.33. The van der Waals surface area contributed by atoms with Gasteiger partial charge in [-0.25, -0.2) is 0 Å². The van der Waals surface area contributed by atoms with Gasteiger partial charge in [0.1, 0.15) is 0 Å². The van der Waals surface area contributed by atoms with Crippen LogP contribution in [0.1, 0.15) is 13.3 Å². The van der Waals surface area contributed by atoms with Crippen LogP contribution in [-0.2, 0) is 4.74 Å². The fraction of sp³-hybridized carbons (Fsp3) is 1.00. The van der Waals surface area contributed by atoms with Crippen molar-refractivity contribution in [2.75, 3.05) is 0 Å². The first-order valence-corrected chi connectivity index (χ1v) is 3.71. The Labute approximate surface area is 69.4 Å². The molecule has 6 heteroatoms. The van der Waals surface area contributed by atoms with Crippen molar-refractivity contribution in [1.29, 1.82) is 0 Å². The summed E-state index contributed by atoms with van der Waals surface area (Å²) >= 11 is 0. The molecule has 0 aliphatic carbocycles. The van der Waals surface area contributed by atoms with Crippen LogP contribution in [0.15, 0.2) is 5.11 Å². The summed E-state index contributed by atoms with van der Waals surface area (Å²) in [5.74, 6) is 0. The third kappa shape index (κ3) is 1.86. The molecule has 0 saturated carbocycles. The first kappa shape index (κ1) is 9.28. The van der Waals surface area contributed by atoms with Gasteiger partial charge in [-0.1, -0.05) is 5.11 Å². The summed E-state index contributed by atoms with van der Waals surface area (Å²) < 4.78 is 4.90. The van der Waals surface area contributed by atoms with Gasteiger partial charge in [0.2, 0.25) is 0 Å². The number of hydrogen-bond acceptors (Lipinski definition) is 4. The maximum atomic E-state index is 9.39. The summed E-state index contributed by atoms with van der Waals surface area (Å²) in [6.45, 7) is 1.62. The van der Waals surface area contributed by atoms with Crippen molar-refractivity contribution in [3.63, 3.8) is 0 Å². The summed E-state index contributed by atoms with van der Waals surface area (Å²) in [7, 11) is 0. The van der Waals surface area contributed by atoms with E-state index in [1.165, 1.54) is 0 Å². The molecule has 1 heterocycles. The minimum Gasteiger partial charge on any atom is -0.390 e. The quantitative estimate of drug-likeness (QED) is 0.335. The zero-order valence-corrected chi connectivity index (χ0v) is 6.66. The molecular formula is C6H11N3O3. The highest BCUT2D eigenvalue weighted by Gasteiger charge is 2.33. The van der Waals surface area contributed by atoms with Crippen molar-refractivity contribution >= 4 is 0 Å².